The van der Waals surface area contributed by atoms with Crippen molar-refractivity contribution in [3.63, 3.8) is 0 Å². The Morgan fingerprint density at radius 1 is 1.29 bits per heavy atom. The van der Waals surface area contributed by atoms with Crippen molar-refractivity contribution in [2.75, 3.05) is 13.6 Å². The van der Waals surface area contributed by atoms with Crippen LogP contribution in [0, 0.1) is 5.92 Å². The quantitative estimate of drug-likeness (QED) is 0.847. The number of rotatable bonds is 6. The van der Waals surface area contributed by atoms with E-state index in [-0.39, 0.29) is 6.54 Å². The van der Waals surface area contributed by atoms with E-state index in [1.165, 1.54) is 26.1 Å². The van der Waals surface area contributed by atoms with Crippen molar-refractivity contribution in [2.24, 2.45) is 5.92 Å². The van der Waals surface area contributed by atoms with Gasteiger partial charge in [0, 0.05) is 13.6 Å². The lowest BCUT2D eigenvalue weighted by molar-refractivity contribution is -0.141. The molecule has 2 unspecified atom stereocenters. The maximum Gasteiger partial charge on any atom is 0.317 e. The van der Waals surface area contributed by atoms with E-state index in [4.69, 9.17) is 5.11 Å². The van der Waals surface area contributed by atoms with Crippen LogP contribution in [0.3, 0.4) is 0 Å². The number of aliphatic carboxylic acids is 1. The summed E-state index contributed by atoms with van der Waals surface area (Å²) in [6.07, 6.45) is -2.76. The summed E-state index contributed by atoms with van der Waals surface area (Å²) in [5.74, 6) is -1.83. The van der Waals surface area contributed by atoms with Gasteiger partial charge in [-0.3, -0.25) is 4.79 Å². The highest BCUT2D eigenvalue weighted by Gasteiger charge is 2.26. The molecule has 1 aromatic rings. The highest BCUT2D eigenvalue weighted by atomic mass is 19.3. The van der Waals surface area contributed by atoms with E-state index in [0.29, 0.717) is 5.56 Å². The normalized spacial score (nSPS) is 13.6. The third-order valence-corrected chi connectivity index (χ3v) is 3.01. The predicted octanol–water partition coefficient (Wildman–Crippen LogP) is 2.35. The first-order chi connectivity index (χ1) is 9.82. The molecule has 0 radical (unpaired) electrons. The minimum absolute atomic E-state index is 0.0636. The van der Waals surface area contributed by atoms with Gasteiger partial charge in [-0.2, -0.15) is 0 Å². The molecule has 5 nitrogen and oxygen atoms in total. The van der Waals surface area contributed by atoms with Crippen LogP contribution in [0.2, 0.25) is 0 Å². The lowest BCUT2D eigenvalue weighted by atomic mass is 10.1. The standard InChI is InChI=1S/C14H18F2N2O3/c1-9(13(19)20)8-18(2)14(21)17-11(12(15)16)10-6-4-3-5-7-10/h3-7,9,11-12H,8H2,1-2H3,(H,17,21)(H,19,20). The minimum Gasteiger partial charge on any atom is -0.481 e. The van der Waals surface area contributed by atoms with Gasteiger partial charge in [-0.15, -0.1) is 0 Å². The lowest BCUT2D eigenvalue weighted by Gasteiger charge is -2.24. The summed E-state index contributed by atoms with van der Waals surface area (Å²) in [5.41, 5.74) is 0.292. The van der Waals surface area contributed by atoms with E-state index < -0.39 is 30.4 Å². The molecule has 2 N–H and O–H groups in total. The van der Waals surface area contributed by atoms with Gasteiger partial charge in [0.15, 0.2) is 0 Å². The van der Waals surface area contributed by atoms with E-state index in [2.05, 4.69) is 5.32 Å². The van der Waals surface area contributed by atoms with Gasteiger partial charge in [-0.25, -0.2) is 13.6 Å². The number of urea groups is 1. The number of hydrogen-bond donors (Lipinski definition) is 2. The van der Waals surface area contributed by atoms with Gasteiger partial charge in [0.1, 0.15) is 6.04 Å². The maximum atomic E-state index is 13.1. The number of amides is 2. The van der Waals surface area contributed by atoms with Gasteiger partial charge in [0.25, 0.3) is 6.43 Å². The molecule has 0 spiro atoms. The number of carbonyl (C=O) groups excluding carboxylic acids is 1. The smallest absolute Gasteiger partial charge is 0.317 e. The zero-order valence-corrected chi connectivity index (χ0v) is 11.8. The van der Waals surface area contributed by atoms with E-state index in [1.54, 1.807) is 18.2 Å². The van der Waals surface area contributed by atoms with Crippen molar-refractivity contribution in [3.8, 4) is 0 Å². The van der Waals surface area contributed by atoms with Gasteiger partial charge in [-0.1, -0.05) is 37.3 Å². The average molecular weight is 300 g/mol. The first-order valence-electron chi connectivity index (χ1n) is 6.40. The number of nitrogens with zero attached hydrogens (tertiary/aromatic N) is 1. The van der Waals surface area contributed by atoms with Crippen molar-refractivity contribution in [1.82, 2.24) is 10.2 Å². The largest absolute Gasteiger partial charge is 0.481 e. The van der Waals surface area contributed by atoms with Crippen LogP contribution < -0.4 is 5.32 Å². The molecule has 1 rings (SSSR count). The fraction of sp³-hybridized carbons (Fsp3) is 0.429. The SMILES string of the molecule is CC(CN(C)C(=O)NC(c1ccccc1)C(F)F)C(=O)O. The molecule has 116 valence electrons. The number of carbonyl (C=O) groups is 2. The zero-order valence-electron chi connectivity index (χ0n) is 11.8. The molecule has 21 heavy (non-hydrogen) atoms. The molecule has 2 atom stereocenters. The van der Waals surface area contributed by atoms with Gasteiger partial charge < -0.3 is 15.3 Å². The van der Waals surface area contributed by atoms with E-state index in [9.17, 15) is 18.4 Å². The highest BCUT2D eigenvalue weighted by Crippen LogP contribution is 2.20. The Labute approximate surface area is 121 Å². The molecule has 0 saturated carbocycles. The molecule has 0 fully saturated rings. The Kier molecular flexibility index (Phi) is 6.08. The maximum absolute atomic E-state index is 13.1. The number of halogens is 2. The van der Waals surface area contributed by atoms with Crippen LogP contribution in [0.15, 0.2) is 30.3 Å². The fourth-order valence-corrected chi connectivity index (χ4v) is 1.77. The van der Waals surface area contributed by atoms with Crippen molar-refractivity contribution in [2.45, 2.75) is 19.4 Å². The summed E-state index contributed by atoms with van der Waals surface area (Å²) in [6, 6.07) is 5.72. The second-order valence-electron chi connectivity index (χ2n) is 4.79. The molecule has 0 saturated heterocycles. The van der Waals surface area contributed by atoms with Crippen LogP contribution in [0.25, 0.3) is 0 Å². The van der Waals surface area contributed by atoms with Crippen molar-refractivity contribution in [3.05, 3.63) is 35.9 Å². The van der Waals surface area contributed by atoms with Crippen molar-refractivity contribution >= 4 is 12.0 Å². The van der Waals surface area contributed by atoms with Crippen LogP contribution in [0.5, 0.6) is 0 Å². The van der Waals surface area contributed by atoms with Gasteiger partial charge in [0.2, 0.25) is 0 Å². The molecule has 0 aliphatic rings. The number of carboxylic acid groups (broad SMARTS) is 1. The summed E-state index contributed by atoms with van der Waals surface area (Å²) < 4.78 is 26.1. The number of carboxylic acids is 1. The monoisotopic (exact) mass is 300 g/mol. The predicted molar refractivity (Wildman–Crippen MR) is 73.1 cm³/mol. The van der Waals surface area contributed by atoms with Gasteiger partial charge in [0.05, 0.1) is 5.92 Å². The summed E-state index contributed by atoms with van der Waals surface area (Å²) in [5, 5.41) is 11.0. The van der Waals surface area contributed by atoms with Gasteiger partial charge in [-0.05, 0) is 5.56 Å². The van der Waals surface area contributed by atoms with Crippen molar-refractivity contribution < 1.29 is 23.5 Å². The molecule has 0 aliphatic heterocycles. The van der Waals surface area contributed by atoms with Crippen LogP contribution in [-0.4, -0.2) is 42.0 Å². The molecule has 7 heteroatoms. The number of benzene rings is 1. The van der Waals surface area contributed by atoms with Crippen molar-refractivity contribution in [1.29, 1.82) is 0 Å². The van der Waals surface area contributed by atoms with E-state index >= 15 is 0 Å². The Morgan fingerprint density at radius 2 is 1.86 bits per heavy atom. The summed E-state index contributed by atoms with van der Waals surface area (Å²) in [6.45, 7) is 1.37. The van der Waals surface area contributed by atoms with Crippen LogP contribution in [-0.2, 0) is 4.79 Å². The fourth-order valence-electron chi connectivity index (χ4n) is 1.77. The molecular formula is C14H18F2N2O3. The summed E-state index contributed by atoms with van der Waals surface area (Å²) in [4.78, 5) is 23.7. The molecule has 0 heterocycles. The zero-order chi connectivity index (χ0) is 16.0. The Hall–Kier alpha value is -2.18. The Morgan fingerprint density at radius 3 is 2.33 bits per heavy atom. The third-order valence-electron chi connectivity index (χ3n) is 3.01. The van der Waals surface area contributed by atoms with Crippen LogP contribution in [0.4, 0.5) is 13.6 Å². The van der Waals surface area contributed by atoms with E-state index in [1.807, 2.05) is 0 Å². The first kappa shape index (κ1) is 16.9. The van der Waals surface area contributed by atoms with Crippen LogP contribution in [0.1, 0.15) is 18.5 Å². The Balaban J connectivity index is 2.71. The number of nitrogens with one attached hydrogen (secondary N) is 1. The third kappa shape index (κ3) is 5.02. The second-order valence-corrected chi connectivity index (χ2v) is 4.79. The molecular weight excluding hydrogens is 282 g/mol. The average Bonchev–Trinajstić information content (AvgIpc) is 2.44. The molecule has 0 aliphatic carbocycles. The molecule has 2 amide bonds. The lowest BCUT2D eigenvalue weighted by Crippen LogP contribution is -2.43. The topological polar surface area (TPSA) is 69.6 Å². The number of alkyl halides is 2. The second kappa shape index (κ2) is 7.56. The molecule has 0 aromatic heterocycles. The van der Waals surface area contributed by atoms with Gasteiger partial charge >= 0.3 is 12.0 Å². The first-order valence-corrected chi connectivity index (χ1v) is 6.40. The minimum atomic E-state index is -2.76. The summed E-state index contributed by atoms with van der Waals surface area (Å²) >= 11 is 0. The highest BCUT2D eigenvalue weighted by molar-refractivity contribution is 5.76. The van der Waals surface area contributed by atoms with E-state index in [0.717, 1.165) is 4.90 Å². The molecule has 0 bridgehead atoms. The Bertz CT molecular complexity index is 482. The molecule has 1 aromatic carbocycles. The number of hydrogen-bond acceptors (Lipinski definition) is 2. The summed E-state index contributed by atoms with van der Waals surface area (Å²) in [7, 11) is 1.36. The van der Waals surface area contributed by atoms with Crippen LogP contribution >= 0.6 is 0 Å².